The maximum atomic E-state index is 5.21. The summed E-state index contributed by atoms with van der Waals surface area (Å²) in [4.78, 5) is 45.4. The minimum atomic E-state index is 0.606. The van der Waals surface area contributed by atoms with Gasteiger partial charge in [-0.25, -0.2) is 29.9 Å². The van der Waals surface area contributed by atoms with Crippen LogP contribution in [0.25, 0.3) is 267 Å². The van der Waals surface area contributed by atoms with Gasteiger partial charge in [0.1, 0.15) is 5.82 Å². The second-order valence-corrected chi connectivity index (χ2v) is 37.6. The van der Waals surface area contributed by atoms with E-state index < -0.39 is 0 Å². The van der Waals surface area contributed by atoms with Crippen molar-refractivity contribution >= 4 is 131 Å². The smallest absolute Gasteiger partial charge is 0.235 e. The Hall–Kier alpha value is -20.6. The molecule has 0 amide bonds. The molecule has 0 atom stereocenters. The lowest BCUT2D eigenvalue weighted by Gasteiger charge is -2.14. The molecule has 18 aromatic carbocycles. The van der Waals surface area contributed by atoms with Crippen LogP contribution in [-0.2, 0) is 0 Å². The van der Waals surface area contributed by atoms with Crippen LogP contribution in [0.15, 0.2) is 528 Å². The summed E-state index contributed by atoms with van der Waals surface area (Å²) in [6.07, 6.45) is 7.54. The molecule has 0 unspecified atom stereocenters. The fourth-order valence-corrected chi connectivity index (χ4v) is 21.9. The first-order valence-electron chi connectivity index (χ1n) is 50.4. The van der Waals surface area contributed by atoms with Gasteiger partial charge >= 0.3 is 0 Å². The summed E-state index contributed by atoms with van der Waals surface area (Å²) in [7, 11) is 0. The number of para-hydroxylation sites is 6. The third-order valence-corrected chi connectivity index (χ3v) is 28.8. The lowest BCUT2D eigenvalue weighted by Crippen LogP contribution is -2.04. The van der Waals surface area contributed by atoms with Gasteiger partial charge in [0.05, 0.1) is 117 Å². The minimum absolute atomic E-state index is 0.606. The monoisotopic (exact) mass is 1920 g/mol. The van der Waals surface area contributed by atoms with Crippen molar-refractivity contribution in [3.8, 4) is 136 Å². The highest BCUT2D eigenvalue weighted by Crippen LogP contribution is 2.46. The van der Waals surface area contributed by atoms with E-state index in [4.69, 9.17) is 44.9 Å². The van der Waals surface area contributed by atoms with E-state index in [1.54, 1.807) is 0 Å². The molecule has 0 aliphatic heterocycles. The van der Waals surface area contributed by atoms with Gasteiger partial charge in [-0.1, -0.05) is 346 Å². The fraction of sp³-hybridized carbons (Fsp3) is 0. The van der Waals surface area contributed by atoms with E-state index in [1.807, 2.05) is 140 Å². The molecule has 0 fully saturated rings. The van der Waals surface area contributed by atoms with Crippen molar-refractivity contribution in [1.29, 1.82) is 0 Å². The molecule has 702 valence electrons. The summed E-state index contributed by atoms with van der Waals surface area (Å²) in [6.45, 7) is 0. The summed E-state index contributed by atoms with van der Waals surface area (Å²) in [5.74, 6) is 2.77. The summed E-state index contributed by atoms with van der Waals surface area (Å²) >= 11 is 0. The van der Waals surface area contributed by atoms with Crippen molar-refractivity contribution in [1.82, 2.24) is 72.3 Å². The molecule has 0 N–H and O–H groups in total. The zero-order valence-corrected chi connectivity index (χ0v) is 80.9. The summed E-state index contributed by atoms with van der Waals surface area (Å²) in [5, 5.41) is 10.6. The van der Waals surface area contributed by atoms with Gasteiger partial charge in [0.25, 0.3) is 0 Å². The first kappa shape index (κ1) is 87.3. The van der Waals surface area contributed by atoms with Crippen LogP contribution >= 0.6 is 0 Å². The molecule has 150 heavy (non-hydrogen) atoms. The number of fused-ring (bicyclic) bond motifs is 18. The molecule has 30 rings (SSSR count). The molecular formula is C135H87N15. The number of rotatable bonds is 15. The van der Waals surface area contributed by atoms with Gasteiger partial charge < -0.3 is 18.3 Å². The van der Waals surface area contributed by atoms with E-state index in [0.717, 1.165) is 184 Å². The van der Waals surface area contributed by atoms with Crippen LogP contribution in [0.1, 0.15) is 0 Å². The van der Waals surface area contributed by atoms with Gasteiger partial charge in [-0.2, -0.15) is 0 Å². The molecule has 15 heteroatoms. The fourth-order valence-electron chi connectivity index (χ4n) is 21.9. The topological polar surface area (TPSA) is 146 Å². The predicted octanol–water partition coefficient (Wildman–Crippen LogP) is 33.2. The molecule has 15 nitrogen and oxygen atoms in total. The average Bonchev–Trinajstić information content (AvgIpc) is 1.58. The van der Waals surface area contributed by atoms with E-state index >= 15 is 0 Å². The summed E-state index contributed by atoms with van der Waals surface area (Å²) in [5.41, 5.74) is 36.6. The van der Waals surface area contributed by atoms with E-state index in [9.17, 15) is 0 Å². The molecule has 0 bridgehead atoms. The van der Waals surface area contributed by atoms with Crippen molar-refractivity contribution in [3.05, 3.63) is 528 Å². The molecule has 0 aliphatic carbocycles. The maximum absolute atomic E-state index is 5.21. The Balaban J connectivity index is 0.000000108. The molecule has 12 heterocycles. The second-order valence-electron chi connectivity index (χ2n) is 37.6. The first-order valence-corrected chi connectivity index (χ1v) is 50.4. The molecule has 0 spiro atoms. The Morgan fingerprint density at radius 3 is 0.813 bits per heavy atom. The molecule has 0 radical (unpaired) electrons. The highest BCUT2D eigenvalue weighted by molar-refractivity contribution is 6.16. The van der Waals surface area contributed by atoms with Gasteiger partial charge in [0.2, 0.25) is 5.95 Å². The Bertz CT molecular complexity index is 9940. The molecule has 0 saturated heterocycles. The number of hydrogen-bond donors (Lipinski definition) is 0. The quantitative estimate of drug-likeness (QED) is 0.0979. The number of pyridine rings is 3. The average molecular weight is 1920 g/mol. The van der Waals surface area contributed by atoms with E-state index in [1.165, 1.54) is 65.4 Å². The van der Waals surface area contributed by atoms with Gasteiger partial charge in [0.15, 0.2) is 11.6 Å². The van der Waals surface area contributed by atoms with E-state index in [-0.39, 0.29) is 0 Å². The van der Waals surface area contributed by atoms with Crippen molar-refractivity contribution in [2.75, 3.05) is 0 Å². The second kappa shape index (κ2) is 37.0. The third-order valence-electron chi connectivity index (χ3n) is 28.8. The Morgan fingerprint density at radius 2 is 0.433 bits per heavy atom. The zero-order chi connectivity index (χ0) is 99.1. The van der Waals surface area contributed by atoms with Crippen LogP contribution in [0.2, 0.25) is 0 Å². The summed E-state index contributed by atoms with van der Waals surface area (Å²) in [6, 6.07) is 176. The van der Waals surface area contributed by atoms with Crippen LogP contribution in [0.4, 0.5) is 0 Å². The molecule has 0 saturated carbocycles. The van der Waals surface area contributed by atoms with Gasteiger partial charge in [-0.15, -0.1) is 0 Å². The molecule has 0 aliphatic rings. The maximum Gasteiger partial charge on any atom is 0.235 e. The van der Waals surface area contributed by atoms with Crippen molar-refractivity contribution in [3.63, 3.8) is 0 Å². The van der Waals surface area contributed by atoms with Crippen molar-refractivity contribution in [2.24, 2.45) is 0 Å². The number of hydrogen-bond acceptors (Lipinski definition) is 9. The van der Waals surface area contributed by atoms with Crippen molar-refractivity contribution in [2.45, 2.75) is 0 Å². The SMILES string of the molecule is c1ccc(-c2cc(-c3ccccc3)nc(-n3c4cc(-c5ccc6c7ccccc7n(-c7ccccc7)c6c5)ccc4c4ncccc43)n2)cc1.c1ccc(-c2cc(-n3c4cc(-c5ccc6c7ccccc7n(-c7ccccc7)c6c5)ccc4c4ncccc43)nc(-c3ccccc3)n2)cc1.c1ccc(-c2ncc(-n3c4cc(-c5ccc6c7ccccc7n(-c7ccccc7)c6c5)ccc4c4ncccc43)c(-c3ccccc3)n2)cc1. The van der Waals surface area contributed by atoms with Crippen LogP contribution < -0.4 is 0 Å². The Kier molecular flexibility index (Phi) is 21.5. The van der Waals surface area contributed by atoms with E-state index in [0.29, 0.717) is 17.6 Å². The van der Waals surface area contributed by atoms with E-state index in [2.05, 4.69) is 416 Å². The third kappa shape index (κ3) is 15.3. The highest BCUT2D eigenvalue weighted by Gasteiger charge is 2.27. The lowest BCUT2D eigenvalue weighted by molar-refractivity contribution is 0.994. The van der Waals surface area contributed by atoms with Crippen LogP contribution in [0, 0.1) is 0 Å². The standard InChI is InChI=1S/3C45H29N5/c1-4-13-30(14-5-1)38-29-39(31-15-6-2-7-16-31)48-45(47-38)50-41-21-12-26-46-44(41)37-25-23-33(28-43(37)50)32-22-24-36-35-19-10-11-20-40(35)49(42(36)27-32)34-17-8-3-9-18-34;1-4-13-30(14-5-1)38-29-43(48-45(47-38)31-15-6-2-7-16-31)50-40-21-12-26-46-44(40)37-25-23-33(28-42(37)50)32-22-24-36-35-19-10-11-20-39(35)49(41(36)27-32)34-17-8-3-9-18-34;1-4-13-30(14-5-1)43-42(29-47-45(48-43)31-15-6-2-7-16-31)50-39-21-12-26-46-44(39)37-25-23-33(28-41(37)50)32-22-24-36-35-19-10-11-20-38(35)49(40(36)27-32)34-17-8-3-9-18-34/h3*1-29H. The molecule has 30 aromatic rings. The summed E-state index contributed by atoms with van der Waals surface area (Å²) < 4.78 is 13.8. The Morgan fingerprint density at radius 1 is 0.153 bits per heavy atom. The molecule has 12 aromatic heterocycles. The number of nitrogens with zero attached hydrogens (tertiary/aromatic N) is 15. The largest absolute Gasteiger partial charge is 0.309 e. The normalized spacial score (nSPS) is 11.6. The first-order chi connectivity index (χ1) is 74.4. The minimum Gasteiger partial charge on any atom is -0.309 e. The van der Waals surface area contributed by atoms with Crippen molar-refractivity contribution < 1.29 is 0 Å². The van der Waals surface area contributed by atoms with Gasteiger partial charge in [-0.05, 0) is 185 Å². The van der Waals surface area contributed by atoms with Crippen LogP contribution in [0.3, 0.4) is 0 Å². The highest BCUT2D eigenvalue weighted by atomic mass is 15.2. The Labute approximate surface area is 861 Å². The van der Waals surface area contributed by atoms with Gasteiger partial charge in [0, 0.05) is 124 Å². The van der Waals surface area contributed by atoms with Crippen LogP contribution in [-0.4, -0.2) is 72.3 Å². The lowest BCUT2D eigenvalue weighted by atomic mass is 10.0. The van der Waals surface area contributed by atoms with Gasteiger partial charge in [-0.3, -0.25) is 24.1 Å². The number of benzene rings is 18. The number of aromatic nitrogens is 15. The molecular weight excluding hydrogens is 1830 g/mol. The predicted molar refractivity (Wildman–Crippen MR) is 614 cm³/mol. The van der Waals surface area contributed by atoms with Crippen LogP contribution in [0.5, 0.6) is 0 Å². The zero-order valence-electron chi connectivity index (χ0n) is 80.9.